The van der Waals surface area contributed by atoms with Crippen LogP contribution in [0, 0.1) is 5.82 Å². The number of rotatable bonds is 2. The Hall–Kier alpha value is -0.610. The van der Waals surface area contributed by atoms with Crippen LogP contribution in [0.5, 0.6) is 0 Å². The van der Waals surface area contributed by atoms with Crippen LogP contribution in [-0.4, -0.2) is 9.55 Å². The van der Waals surface area contributed by atoms with Crippen molar-refractivity contribution in [1.82, 2.24) is 9.55 Å². The van der Waals surface area contributed by atoms with E-state index in [0.29, 0.717) is 15.9 Å². The monoisotopic (exact) mass is 344 g/mol. The Morgan fingerprint density at radius 2 is 2.11 bits per heavy atom. The molecule has 2 nitrogen and oxygen atoms in total. The van der Waals surface area contributed by atoms with Gasteiger partial charge in [-0.05, 0) is 41.8 Å². The minimum Gasteiger partial charge on any atom is -0.321 e. The first kappa shape index (κ1) is 13.4. The molecule has 102 valence electrons. The summed E-state index contributed by atoms with van der Waals surface area (Å²) in [4.78, 5) is 4.49. The molecule has 19 heavy (non-hydrogen) atoms. The zero-order chi connectivity index (χ0) is 13.6. The largest absolute Gasteiger partial charge is 0.321 e. The van der Waals surface area contributed by atoms with Crippen molar-refractivity contribution in [3.8, 4) is 0 Å². The average Bonchev–Trinajstić information content (AvgIpc) is 2.94. The van der Waals surface area contributed by atoms with Gasteiger partial charge in [0.25, 0.3) is 0 Å². The molecule has 0 aliphatic heterocycles. The Labute approximate surface area is 125 Å². The third-order valence-electron chi connectivity index (χ3n) is 4.11. The van der Waals surface area contributed by atoms with Gasteiger partial charge in [-0.25, -0.2) is 9.37 Å². The second-order valence-electron chi connectivity index (χ2n) is 5.46. The van der Waals surface area contributed by atoms with E-state index in [-0.39, 0.29) is 11.4 Å². The molecule has 1 aliphatic carbocycles. The van der Waals surface area contributed by atoms with Gasteiger partial charge in [-0.3, -0.25) is 0 Å². The highest BCUT2D eigenvalue weighted by atomic mass is 79.9. The third kappa shape index (κ3) is 2.09. The van der Waals surface area contributed by atoms with Crippen LogP contribution in [0.3, 0.4) is 0 Å². The Morgan fingerprint density at radius 3 is 2.74 bits per heavy atom. The molecule has 5 heteroatoms. The van der Waals surface area contributed by atoms with Crippen LogP contribution in [0.1, 0.15) is 38.4 Å². The van der Waals surface area contributed by atoms with Gasteiger partial charge in [-0.15, -0.1) is 11.6 Å². The van der Waals surface area contributed by atoms with Gasteiger partial charge in [-0.1, -0.05) is 12.8 Å². The number of hydrogen-bond donors (Lipinski definition) is 0. The van der Waals surface area contributed by atoms with Crippen molar-refractivity contribution in [2.45, 2.75) is 44.0 Å². The summed E-state index contributed by atoms with van der Waals surface area (Å²) in [5, 5.41) is 0. The van der Waals surface area contributed by atoms with Gasteiger partial charge in [0.15, 0.2) is 0 Å². The van der Waals surface area contributed by atoms with Crippen molar-refractivity contribution in [2.24, 2.45) is 0 Å². The zero-order valence-corrected chi connectivity index (χ0v) is 13.1. The molecule has 0 amide bonds. The number of hydrogen-bond acceptors (Lipinski definition) is 1. The average molecular weight is 346 g/mol. The summed E-state index contributed by atoms with van der Waals surface area (Å²) in [7, 11) is 0. The Morgan fingerprint density at radius 1 is 1.42 bits per heavy atom. The molecule has 3 rings (SSSR count). The van der Waals surface area contributed by atoms with Gasteiger partial charge >= 0.3 is 0 Å². The molecule has 0 saturated heterocycles. The number of imidazole rings is 1. The number of nitrogens with zero attached hydrogens (tertiary/aromatic N) is 2. The van der Waals surface area contributed by atoms with Crippen molar-refractivity contribution in [1.29, 1.82) is 0 Å². The summed E-state index contributed by atoms with van der Waals surface area (Å²) in [6, 6.07) is 3.29. The molecule has 0 N–H and O–H groups in total. The number of alkyl halides is 1. The number of benzene rings is 1. The lowest BCUT2D eigenvalue weighted by Gasteiger charge is -2.28. The predicted molar refractivity (Wildman–Crippen MR) is 79.1 cm³/mol. The number of fused-ring (bicyclic) bond motifs is 1. The third-order valence-corrected chi connectivity index (χ3v) is 4.95. The lowest BCUT2D eigenvalue weighted by atomic mass is 9.99. The van der Waals surface area contributed by atoms with E-state index in [1.807, 2.05) is 6.07 Å². The van der Waals surface area contributed by atoms with Gasteiger partial charge < -0.3 is 4.57 Å². The summed E-state index contributed by atoms with van der Waals surface area (Å²) in [6.07, 6.45) is 4.69. The lowest BCUT2D eigenvalue weighted by molar-refractivity contribution is 0.331. The topological polar surface area (TPSA) is 17.8 Å². The molecule has 0 radical (unpaired) electrons. The second-order valence-corrected chi connectivity index (χ2v) is 6.58. The van der Waals surface area contributed by atoms with Gasteiger partial charge in [0.05, 0.1) is 21.4 Å². The van der Waals surface area contributed by atoms with Crippen LogP contribution < -0.4 is 0 Å². The maximum absolute atomic E-state index is 13.6. The summed E-state index contributed by atoms with van der Waals surface area (Å²) in [6.45, 7) is 2.24. The molecule has 0 atom stereocenters. The van der Waals surface area contributed by atoms with E-state index in [4.69, 9.17) is 11.6 Å². The summed E-state index contributed by atoms with van der Waals surface area (Å²) in [5.74, 6) is 0.900. The molecule has 0 spiro atoms. The predicted octanol–water partition coefficient (Wildman–Crippen LogP) is 4.97. The highest BCUT2D eigenvalue weighted by Gasteiger charge is 2.33. The fraction of sp³-hybridized carbons (Fsp3) is 0.500. The summed E-state index contributed by atoms with van der Waals surface area (Å²) in [5.41, 5.74) is 1.70. The molecule has 1 saturated carbocycles. The first-order valence-electron chi connectivity index (χ1n) is 6.48. The van der Waals surface area contributed by atoms with E-state index in [9.17, 15) is 4.39 Å². The minimum absolute atomic E-state index is 0.0518. The first-order valence-corrected chi connectivity index (χ1v) is 7.81. The molecule has 2 aromatic rings. The van der Waals surface area contributed by atoms with Gasteiger partial charge in [-0.2, -0.15) is 0 Å². The molecular formula is C14H15BrClFN2. The number of halogens is 3. The van der Waals surface area contributed by atoms with Gasteiger partial charge in [0.1, 0.15) is 11.6 Å². The quantitative estimate of drug-likeness (QED) is 0.703. The van der Waals surface area contributed by atoms with E-state index >= 15 is 0 Å². The van der Waals surface area contributed by atoms with Crippen LogP contribution in [0.4, 0.5) is 4.39 Å². The Balaban J connectivity index is 2.29. The summed E-state index contributed by atoms with van der Waals surface area (Å²) < 4.78 is 16.3. The molecule has 1 fully saturated rings. The van der Waals surface area contributed by atoms with Crippen LogP contribution >= 0.6 is 27.5 Å². The lowest BCUT2D eigenvalue weighted by Crippen LogP contribution is -2.27. The van der Waals surface area contributed by atoms with Crippen molar-refractivity contribution in [2.75, 3.05) is 0 Å². The van der Waals surface area contributed by atoms with E-state index in [1.165, 1.54) is 18.9 Å². The molecule has 0 bridgehead atoms. The molecule has 1 heterocycles. The first-order chi connectivity index (χ1) is 9.05. The van der Waals surface area contributed by atoms with Crippen LogP contribution in [0.2, 0.25) is 0 Å². The normalized spacial score (nSPS) is 18.3. The van der Waals surface area contributed by atoms with E-state index < -0.39 is 0 Å². The smallest absolute Gasteiger partial charge is 0.139 e. The van der Waals surface area contributed by atoms with E-state index in [0.717, 1.165) is 24.2 Å². The Kier molecular flexibility index (Phi) is 3.34. The minimum atomic E-state index is -0.283. The molecular weight excluding hydrogens is 331 g/mol. The molecule has 1 aromatic heterocycles. The van der Waals surface area contributed by atoms with Crippen LogP contribution in [0.25, 0.3) is 11.0 Å². The van der Waals surface area contributed by atoms with Crippen LogP contribution in [-0.2, 0) is 11.4 Å². The maximum atomic E-state index is 13.6. The molecule has 1 aromatic carbocycles. The zero-order valence-electron chi connectivity index (χ0n) is 10.7. The summed E-state index contributed by atoms with van der Waals surface area (Å²) >= 11 is 9.29. The van der Waals surface area contributed by atoms with Crippen molar-refractivity contribution < 1.29 is 4.39 Å². The van der Waals surface area contributed by atoms with E-state index in [2.05, 4.69) is 32.4 Å². The highest BCUT2D eigenvalue weighted by Crippen LogP contribution is 2.40. The van der Waals surface area contributed by atoms with Gasteiger partial charge in [0.2, 0.25) is 0 Å². The fourth-order valence-corrected chi connectivity index (χ4v) is 3.69. The fourth-order valence-electron chi connectivity index (χ4n) is 3.17. The van der Waals surface area contributed by atoms with Gasteiger partial charge in [0, 0.05) is 11.6 Å². The standard InChI is InChI=1S/C14H15BrClFN2/c1-14(4-2-3-5-14)19-12-6-9(15)10(17)7-11(12)18-13(19)8-16/h6-7H,2-5,8H2,1H3. The maximum Gasteiger partial charge on any atom is 0.139 e. The highest BCUT2D eigenvalue weighted by molar-refractivity contribution is 9.10. The van der Waals surface area contributed by atoms with Crippen molar-refractivity contribution in [3.63, 3.8) is 0 Å². The van der Waals surface area contributed by atoms with Crippen LogP contribution in [0.15, 0.2) is 16.6 Å². The Bertz CT molecular complexity index is 632. The van der Waals surface area contributed by atoms with Crippen molar-refractivity contribution in [3.05, 3.63) is 28.2 Å². The molecule has 1 aliphatic rings. The number of aromatic nitrogens is 2. The van der Waals surface area contributed by atoms with Crippen molar-refractivity contribution >= 4 is 38.6 Å². The van der Waals surface area contributed by atoms with E-state index in [1.54, 1.807) is 0 Å². The molecule has 0 unspecified atom stereocenters. The second kappa shape index (κ2) is 4.74. The SMILES string of the molecule is CC1(n2c(CCl)nc3cc(F)c(Br)cc32)CCCC1.